The van der Waals surface area contributed by atoms with Crippen LogP contribution in [0.25, 0.3) is 11.1 Å². The number of rotatable bonds is 20. The smallest absolute Gasteiger partial charge is 0.407 e. The highest BCUT2D eigenvalue weighted by molar-refractivity contribution is 5.79. The zero-order valence-electron chi connectivity index (χ0n) is 25.0. The lowest BCUT2D eigenvalue weighted by Gasteiger charge is -2.17. The first-order valence-corrected chi connectivity index (χ1v) is 16.0. The van der Waals surface area contributed by atoms with E-state index in [1.807, 2.05) is 19.1 Å². The maximum Gasteiger partial charge on any atom is 0.407 e. The Morgan fingerprint density at radius 2 is 1.30 bits per heavy atom. The topological polar surface area (TPSA) is 67.4 Å². The van der Waals surface area contributed by atoms with E-state index in [0.29, 0.717) is 19.6 Å². The Bertz CT molecular complexity index is 976. The van der Waals surface area contributed by atoms with E-state index in [1.54, 1.807) is 0 Å². The van der Waals surface area contributed by atoms with Gasteiger partial charge in [-0.05, 0) is 54.9 Å². The molecule has 2 amide bonds. The summed E-state index contributed by atoms with van der Waals surface area (Å²) in [5.41, 5.74) is 4.89. The molecule has 40 heavy (non-hydrogen) atoms. The molecule has 0 radical (unpaired) electrons. The van der Waals surface area contributed by atoms with Crippen molar-refractivity contribution in [3.8, 4) is 11.1 Å². The number of carbonyl (C=O) groups excluding carboxylic acids is 2. The molecule has 5 heteroatoms. The number of hydrogen-bond donors (Lipinski definition) is 2. The van der Waals surface area contributed by atoms with Gasteiger partial charge in [0.05, 0.1) is 0 Å². The van der Waals surface area contributed by atoms with Gasteiger partial charge in [-0.1, -0.05) is 120 Å². The molecule has 0 aromatic heterocycles. The molecular weight excluding hydrogens is 496 g/mol. The number of benzene rings is 2. The van der Waals surface area contributed by atoms with Gasteiger partial charge >= 0.3 is 6.09 Å². The number of unbranched alkanes of at least 4 members (excludes halogenated alkanes) is 11. The monoisotopic (exact) mass is 548 g/mol. The standard InChI is InChI=1S/C35H52N2O3/c1-3-4-5-6-7-8-9-10-11-12-13-25-34(38)36-26-19-18-20-28(2)37-35(39)40-27-33-31-23-16-14-21-29(31)30-22-15-17-24-32(30)33/h14-17,21-24,28,33H,3-13,18-20,25-27H2,1-2H3,(H,36,38)(H,37,39). The summed E-state index contributed by atoms with van der Waals surface area (Å²) in [4.78, 5) is 24.6. The van der Waals surface area contributed by atoms with Gasteiger partial charge in [0, 0.05) is 24.9 Å². The summed E-state index contributed by atoms with van der Waals surface area (Å²) in [5, 5.41) is 6.02. The first-order valence-electron chi connectivity index (χ1n) is 16.0. The van der Waals surface area contributed by atoms with E-state index in [9.17, 15) is 9.59 Å². The van der Waals surface area contributed by atoms with Gasteiger partial charge in [-0.25, -0.2) is 4.79 Å². The Morgan fingerprint density at radius 3 is 1.90 bits per heavy atom. The molecule has 1 aliphatic rings. The van der Waals surface area contributed by atoms with Gasteiger partial charge in [0.15, 0.2) is 0 Å². The van der Waals surface area contributed by atoms with Gasteiger partial charge < -0.3 is 15.4 Å². The second kappa shape index (κ2) is 18.5. The number of amides is 2. The van der Waals surface area contributed by atoms with Crippen LogP contribution in [0.15, 0.2) is 48.5 Å². The van der Waals surface area contributed by atoms with Gasteiger partial charge in [0.25, 0.3) is 0 Å². The molecule has 2 aromatic rings. The van der Waals surface area contributed by atoms with E-state index < -0.39 is 0 Å². The lowest BCUT2D eigenvalue weighted by molar-refractivity contribution is -0.121. The molecule has 0 fully saturated rings. The van der Waals surface area contributed by atoms with Crippen LogP contribution < -0.4 is 10.6 Å². The zero-order valence-corrected chi connectivity index (χ0v) is 25.0. The molecule has 0 saturated heterocycles. The van der Waals surface area contributed by atoms with Crippen molar-refractivity contribution in [1.82, 2.24) is 10.6 Å². The maximum absolute atomic E-state index is 12.5. The largest absolute Gasteiger partial charge is 0.449 e. The van der Waals surface area contributed by atoms with Crippen LogP contribution in [-0.2, 0) is 9.53 Å². The minimum atomic E-state index is -0.366. The summed E-state index contributed by atoms with van der Waals surface area (Å²) in [6.45, 7) is 5.30. The molecule has 2 N–H and O–H groups in total. The normalized spacial score (nSPS) is 12.9. The Hall–Kier alpha value is -2.82. The van der Waals surface area contributed by atoms with E-state index in [1.165, 1.54) is 80.0 Å². The quantitative estimate of drug-likeness (QED) is 0.162. The van der Waals surface area contributed by atoms with Crippen LogP contribution in [0.1, 0.15) is 127 Å². The summed E-state index contributed by atoms with van der Waals surface area (Å²) in [5.74, 6) is 0.239. The van der Waals surface area contributed by atoms with E-state index >= 15 is 0 Å². The van der Waals surface area contributed by atoms with Crippen molar-refractivity contribution >= 4 is 12.0 Å². The first-order chi connectivity index (χ1) is 19.6. The molecule has 0 aliphatic heterocycles. The molecule has 1 atom stereocenters. The Kier molecular flexibility index (Phi) is 14.7. The average Bonchev–Trinajstić information content (AvgIpc) is 3.28. The highest BCUT2D eigenvalue weighted by atomic mass is 16.5. The minimum Gasteiger partial charge on any atom is -0.449 e. The van der Waals surface area contributed by atoms with Gasteiger partial charge in [-0.3, -0.25) is 4.79 Å². The van der Waals surface area contributed by atoms with Gasteiger partial charge in [0.2, 0.25) is 5.91 Å². The summed E-state index contributed by atoms with van der Waals surface area (Å²) < 4.78 is 5.65. The Labute approximate surface area is 242 Å². The fourth-order valence-electron chi connectivity index (χ4n) is 5.75. The Balaban J connectivity index is 1.17. The van der Waals surface area contributed by atoms with E-state index in [0.717, 1.165) is 32.1 Å². The van der Waals surface area contributed by atoms with Crippen LogP contribution in [0.5, 0.6) is 0 Å². The third kappa shape index (κ3) is 11.0. The summed E-state index contributed by atoms with van der Waals surface area (Å²) in [6.07, 6.45) is 17.3. The molecular formula is C35H52N2O3. The molecule has 2 aromatic carbocycles. The van der Waals surface area contributed by atoms with E-state index in [4.69, 9.17) is 4.74 Å². The minimum absolute atomic E-state index is 0.0303. The molecule has 0 spiro atoms. The molecule has 0 saturated carbocycles. The number of alkyl carbamates (subject to hydrolysis) is 1. The van der Waals surface area contributed by atoms with Gasteiger partial charge in [-0.2, -0.15) is 0 Å². The molecule has 220 valence electrons. The average molecular weight is 549 g/mol. The highest BCUT2D eigenvalue weighted by Gasteiger charge is 2.29. The number of ether oxygens (including phenoxy) is 1. The maximum atomic E-state index is 12.5. The predicted octanol–water partition coefficient (Wildman–Crippen LogP) is 8.90. The third-order valence-corrected chi connectivity index (χ3v) is 8.10. The van der Waals surface area contributed by atoms with Crippen molar-refractivity contribution in [2.75, 3.05) is 13.2 Å². The summed E-state index contributed by atoms with van der Waals surface area (Å²) >= 11 is 0. The molecule has 0 heterocycles. The van der Waals surface area contributed by atoms with E-state index in [2.05, 4.69) is 54.0 Å². The van der Waals surface area contributed by atoms with Crippen molar-refractivity contribution in [3.63, 3.8) is 0 Å². The zero-order chi connectivity index (χ0) is 28.4. The number of hydrogen-bond acceptors (Lipinski definition) is 3. The number of nitrogens with one attached hydrogen (secondary N) is 2. The fourth-order valence-corrected chi connectivity index (χ4v) is 5.75. The van der Waals surface area contributed by atoms with Crippen LogP contribution in [-0.4, -0.2) is 31.2 Å². The number of carbonyl (C=O) groups is 2. The highest BCUT2D eigenvalue weighted by Crippen LogP contribution is 2.44. The lowest BCUT2D eigenvalue weighted by atomic mass is 9.98. The van der Waals surface area contributed by atoms with Crippen molar-refractivity contribution in [1.29, 1.82) is 0 Å². The lowest BCUT2D eigenvalue weighted by Crippen LogP contribution is -2.34. The molecule has 3 rings (SSSR count). The molecule has 1 aliphatic carbocycles. The van der Waals surface area contributed by atoms with Crippen LogP contribution in [0.4, 0.5) is 4.79 Å². The van der Waals surface area contributed by atoms with Crippen molar-refractivity contribution in [2.24, 2.45) is 0 Å². The molecule has 5 nitrogen and oxygen atoms in total. The summed E-state index contributed by atoms with van der Waals surface area (Å²) in [7, 11) is 0. The van der Waals surface area contributed by atoms with E-state index in [-0.39, 0.29) is 24.0 Å². The predicted molar refractivity (Wildman–Crippen MR) is 166 cm³/mol. The fraction of sp³-hybridized carbons (Fsp3) is 0.600. The van der Waals surface area contributed by atoms with Crippen molar-refractivity contribution in [2.45, 2.75) is 122 Å². The number of fused-ring (bicyclic) bond motifs is 3. The third-order valence-electron chi connectivity index (χ3n) is 8.10. The van der Waals surface area contributed by atoms with Crippen LogP contribution >= 0.6 is 0 Å². The Morgan fingerprint density at radius 1 is 0.750 bits per heavy atom. The molecule has 0 bridgehead atoms. The SMILES string of the molecule is CCCCCCCCCCCCCC(=O)NCCCCC(C)NC(=O)OCC1c2ccccc2-c2ccccc21. The van der Waals surface area contributed by atoms with Crippen molar-refractivity contribution in [3.05, 3.63) is 59.7 Å². The van der Waals surface area contributed by atoms with Crippen LogP contribution in [0, 0.1) is 0 Å². The van der Waals surface area contributed by atoms with Crippen LogP contribution in [0.3, 0.4) is 0 Å². The summed E-state index contributed by atoms with van der Waals surface area (Å²) in [6, 6.07) is 16.7. The van der Waals surface area contributed by atoms with Crippen LogP contribution in [0.2, 0.25) is 0 Å². The second-order valence-corrected chi connectivity index (χ2v) is 11.5. The first kappa shape index (κ1) is 31.7. The van der Waals surface area contributed by atoms with Crippen molar-refractivity contribution < 1.29 is 14.3 Å². The molecule has 1 unspecified atom stereocenters. The van der Waals surface area contributed by atoms with Gasteiger partial charge in [-0.15, -0.1) is 0 Å². The van der Waals surface area contributed by atoms with Gasteiger partial charge in [0.1, 0.15) is 6.61 Å². The second-order valence-electron chi connectivity index (χ2n) is 11.5.